The summed E-state index contributed by atoms with van der Waals surface area (Å²) in [5, 5.41) is 5.81. The molecule has 2 N–H and O–H groups in total. The first-order valence-corrected chi connectivity index (χ1v) is 6.12. The van der Waals surface area contributed by atoms with Gasteiger partial charge in [0.25, 0.3) is 0 Å². The van der Waals surface area contributed by atoms with Crippen molar-refractivity contribution in [2.75, 3.05) is 13.1 Å². The van der Waals surface area contributed by atoms with Crippen molar-refractivity contribution < 1.29 is 13.6 Å². The average Bonchev–Trinajstić information content (AvgIpc) is 2.88. The van der Waals surface area contributed by atoms with Crippen molar-refractivity contribution in [2.24, 2.45) is 0 Å². The Kier molecular flexibility index (Phi) is 6.18. The number of hydrogen-bond acceptors (Lipinski definition) is 2. The number of halogens is 3. The van der Waals surface area contributed by atoms with Gasteiger partial charge >= 0.3 is 0 Å². The van der Waals surface area contributed by atoms with Crippen LogP contribution in [0.4, 0.5) is 8.78 Å². The molecule has 1 fully saturated rings. The fraction of sp³-hybridized carbons (Fsp3) is 0.462. The number of carbonyl (C=O) groups is 1. The summed E-state index contributed by atoms with van der Waals surface area (Å²) in [5.41, 5.74) is 0.287. The van der Waals surface area contributed by atoms with Gasteiger partial charge < -0.3 is 10.6 Å². The Morgan fingerprint density at radius 2 is 2.21 bits per heavy atom. The standard InChI is InChI=1S/C13H16F2N2O.ClH/c14-10-4-1-3-9(12(10)15)6-8-17-13(18)11-5-2-7-16-11;/h1,3-4,11,16H,2,5-8H2,(H,17,18);1H. The zero-order chi connectivity index (χ0) is 13.0. The van der Waals surface area contributed by atoms with E-state index in [2.05, 4.69) is 10.6 Å². The lowest BCUT2D eigenvalue weighted by Crippen LogP contribution is -2.41. The molecule has 2 rings (SSSR count). The first-order valence-electron chi connectivity index (χ1n) is 6.12. The highest BCUT2D eigenvalue weighted by Gasteiger charge is 2.21. The summed E-state index contributed by atoms with van der Waals surface area (Å²) in [5.74, 6) is -1.74. The Bertz CT molecular complexity index is 437. The number of carbonyl (C=O) groups excluding carboxylic acids is 1. The molecule has 19 heavy (non-hydrogen) atoms. The summed E-state index contributed by atoms with van der Waals surface area (Å²) in [6, 6.07) is 3.94. The minimum Gasteiger partial charge on any atom is -0.354 e. The Morgan fingerprint density at radius 3 is 2.89 bits per heavy atom. The maximum absolute atomic E-state index is 13.3. The van der Waals surface area contributed by atoms with Gasteiger partial charge in [-0.05, 0) is 37.4 Å². The van der Waals surface area contributed by atoms with Crippen molar-refractivity contribution in [1.29, 1.82) is 0 Å². The molecule has 1 amide bonds. The van der Waals surface area contributed by atoms with Crippen LogP contribution in [-0.2, 0) is 11.2 Å². The van der Waals surface area contributed by atoms with Crippen molar-refractivity contribution in [1.82, 2.24) is 10.6 Å². The zero-order valence-corrected chi connectivity index (χ0v) is 11.2. The zero-order valence-electron chi connectivity index (χ0n) is 10.4. The third-order valence-corrected chi connectivity index (χ3v) is 3.10. The largest absolute Gasteiger partial charge is 0.354 e. The predicted octanol–water partition coefficient (Wildman–Crippen LogP) is 1.80. The van der Waals surface area contributed by atoms with Crippen LogP contribution in [0.3, 0.4) is 0 Å². The maximum atomic E-state index is 13.3. The summed E-state index contributed by atoms with van der Waals surface area (Å²) in [6.45, 7) is 1.17. The van der Waals surface area contributed by atoms with Crippen LogP contribution in [0.2, 0.25) is 0 Å². The van der Waals surface area contributed by atoms with Crippen molar-refractivity contribution in [2.45, 2.75) is 25.3 Å². The molecule has 1 heterocycles. The lowest BCUT2D eigenvalue weighted by Gasteiger charge is -2.11. The van der Waals surface area contributed by atoms with Gasteiger partial charge in [-0.3, -0.25) is 4.79 Å². The second kappa shape index (κ2) is 7.40. The molecule has 1 saturated heterocycles. The number of amides is 1. The van der Waals surface area contributed by atoms with Crippen molar-refractivity contribution >= 4 is 18.3 Å². The van der Waals surface area contributed by atoms with Crippen molar-refractivity contribution in [3.8, 4) is 0 Å². The summed E-state index contributed by atoms with van der Waals surface area (Å²) in [6.07, 6.45) is 2.12. The first kappa shape index (κ1) is 15.9. The highest BCUT2D eigenvalue weighted by molar-refractivity contribution is 5.85. The van der Waals surface area contributed by atoms with E-state index < -0.39 is 11.6 Å². The molecule has 106 valence electrons. The van der Waals surface area contributed by atoms with Gasteiger partial charge in [0.05, 0.1) is 6.04 Å². The smallest absolute Gasteiger partial charge is 0.237 e. The molecular formula is C13H17ClF2N2O. The highest BCUT2D eigenvalue weighted by Crippen LogP contribution is 2.11. The Labute approximate surface area is 117 Å². The molecule has 0 saturated carbocycles. The topological polar surface area (TPSA) is 41.1 Å². The van der Waals surface area contributed by atoms with Crippen LogP contribution in [0.1, 0.15) is 18.4 Å². The molecule has 3 nitrogen and oxygen atoms in total. The molecule has 0 aromatic heterocycles. The van der Waals surface area contributed by atoms with E-state index in [1.54, 1.807) is 0 Å². The third-order valence-electron chi connectivity index (χ3n) is 3.10. The van der Waals surface area contributed by atoms with Crippen LogP contribution >= 0.6 is 12.4 Å². The normalized spacial score (nSPS) is 17.9. The minimum atomic E-state index is -0.851. The Hall–Kier alpha value is -1.20. The fourth-order valence-electron chi connectivity index (χ4n) is 2.09. The maximum Gasteiger partial charge on any atom is 0.237 e. The quantitative estimate of drug-likeness (QED) is 0.888. The molecule has 0 bridgehead atoms. The number of hydrogen-bond donors (Lipinski definition) is 2. The number of benzene rings is 1. The van der Waals surface area contributed by atoms with Gasteiger partial charge in [0.2, 0.25) is 5.91 Å². The van der Waals surface area contributed by atoms with E-state index in [1.807, 2.05) is 0 Å². The SMILES string of the molecule is Cl.O=C(NCCc1cccc(F)c1F)C1CCCN1. The third kappa shape index (κ3) is 4.14. The predicted molar refractivity (Wildman–Crippen MR) is 71.3 cm³/mol. The summed E-state index contributed by atoms with van der Waals surface area (Å²) >= 11 is 0. The fourth-order valence-corrected chi connectivity index (χ4v) is 2.09. The highest BCUT2D eigenvalue weighted by atomic mass is 35.5. The molecule has 1 aromatic rings. The van der Waals surface area contributed by atoms with Gasteiger partial charge in [0.15, 0.2) is 11.6 Å². The van der Waals surface area contributed by atoms with E-state index in [9.17, 15) is 13.6 Å². The average molecular weight is 291 g/mol. The van der Waals surface area contributed by atoms with Crippen LogP contribution in [-0.4, -0.2) is 25.0 Å². The molecule has 0 aliphatic carbocycles. The van der Waals surface area contributed by atoms with Crippen LogP contribution in [0.15, 0.2) is 18.2 Å². The summed E-state index contributed by atoms with van der Waals surface area (Å²) in [4.78, 5) is 11.6. The van der Waals surface area contributed by atoms with Gasteiger partial charge in [-0.2, -0.15) is 0 Å². The Balaban J connectivity index is 0.00000180. The van der Waals surface area contributed by atoms with Crippen LogP contribution in [0.25, 0.3) is 0 Å². The van der Waals surface area contributed by atoms with E-state index in [0.717, 1.165) is 25.5 Å². The second-order valence-electron chi connectivity index (χ2n) is 4.40. The van der Waals surface area contributed by atoms with Crippen molar-refractivity contribution in [3.05, 3.63) is 35.4 Å². The summed E-state index contributed by atoms with van der Waals surface area (Å²) < 4.78 is 26.3. The molecule has 1 aliphatic heterocycles. The van der Waals surface area contributed by atoms with E-state index in [0.29, 0.717) is 13.0 Å². The molecule has 6 heteroatoms. The molecule has 0 radical (unpaired) electrons. The first-order chi connectivity index (χ1) is 8.68. The van der Waals surface area contributed by atoms with Gasteiger partial charge in [-0.1, -0.05) is 12.1 Å². The molecule has 0 spiro atoms. The molecule has 1 atom stereocenters. The van der Waals surface area contributed by atoms with Gasteiger partial charge in [0.1, 0.15) is 0 Å². The molecular weight excluding hydrogens is 274 g/mol. The lowest BCUT2D eigenvalue weighted by atomic mass is 10.1. The van der Waals surface area contributed by atoms with E-state index in [4.69, 9.17) is 0 Å². The molecule has 1 aromatic carbocycles. The minimum absolute atomic E-state index is 0. The van der Waals surface area contributed by atoms with Crippen LogP contribution in [0, 0.1) is 11.6 Å². The monoisotopic (exact) mass is 290 g/mol. The van der Waals surface area contributed by atoms with E-state index in [-0.39, 0.29) is 29.9 Å². The lowest BCUT2D eigenvalue weighted by molar-refractivity contribution is -0.122. The van der Waals surface area contributed by atoms with Crippen LogP contribution in [0.5, 0.6) is 0 Å². The van der Waals surface area contributed by atoms with Gasteiger partial charge in [-0.25, -0.2) is 8.78 Å². The van der Waals surface area contributed by atoms with Gasteiger partial charge in [-0.15, -0.1) is 12.4 Å². The van der Waals surface area contributed by atoms with Crippen LogP contribution < -0.4 is 10.6 Å². The molecule has 1 unspecified atom stereocenters. The second-order valence-corrected chi connectivity index (χ2v) is 4.40. The van der Waals surface area contributed by atoms with Gasteiger partial charge in [0, 0.05) is 6.54 Å². The number of rotatable bonds is 4. The van der Waals surface area contributed by atoms with E-state index in [1.165, 1.54) is 12.1 Å². The van der Waals surface area contributed by atoms with E-state index >= 15 is 0 Å². The van der Waals surface area contributed by atoms with Crippen molar-refractivity contribution in [3.63, 3.8) is 0 Å². The summed E-state index contributed by atoms with van der Waals surface area (Å²) in [7, 11) is 0. The number of nitrogens with one attached hydrogen (secondary N) is 2. The molecule has 1 aliphatic rings. The Morgan fingerprint density at radius 1 is 1.42 bits per heavy atom.